The van der Waals surface area contributed by atoms with E-state index < -0.39 is 49.7 Å². The molecule has 5 N–H and O–H groups in total. The number of hydrogen-bond acceptors (Lipinski definition) is 7. The molecule has 0 aromatic heterocycles. The molecule has 8 nitrogen and oxygen atoms in total. The van der Waals surface area contributed by atoms with E-state index in [1.165, 1.54) is 0 Å². The Morgan fingerprint density at radius 1 is 1.47 bits per heavy atom. The molecule has 1 rings (SSSR count). The summed E-state index contributed by atoms with van der Waals surface area (Å²) >= 11 is 0. The van der Waals surface area contributed by atoms with Crippen molar-refractivity contribution < 1.29 is 36.1 Å². The third-order valence-electron chi connectivity index (χ3n) is 2.43. The molecule has 1 fully saturated rings. The van der Waals surface area contributed by atoms with Crippen molar-refractivity contribution >= 4 is 5.91 Å². The van der Waals surface area contributed by atoms with Gasteiger partial charge in [0.05, 0.1) is 7.98 Å². The molecule has 0 aromatic rings. The average Bonchev–Trinajstić information content (AvgIpc) is 2.37. The summed E-state index contributed by atoms with van der Waals surface area (Å²) in [6.45, 7) is -2.10. The van der Waals surface area contributed by atoms with Crippen LogP contribution in [-0.2, 0) is 14.3 Å². The molecule has 1 saturated heterocycles. The average molecular weight is 252 g/mol. The van der Waals surface area contributed by atoms with Gasteiger partial charge in [0.1, 0.15) is 30.9 Å². The Balaban J connectivity index is 2.68. The van der Waals surface area contributed by atoms with Gasteiger partial charge in [0.2, 0.25) is 5.91 Å². The van der Waals surface area contributed by atoms with Gasteiger partial charge in [0.15, 0.2) is 6.29 Å². The molecule has 0 aromatic carbocycles. The summed E-state index contributed by atoms with van der Waals surface area (Å²) in [6.07, 6.45) is -5.74. The van der Waals surface area contributed by atoms with Crippen molar-refractivity contribution in [3.8, 4) is 0 Å². The number of ether oxygens (including phenoxy) is 2. The number of methoxy groups -OCH3 is 1. The maximum absolute atomic E-state index is 11.4. The summed E-state index contributed by atoms with van der Waals surface area (Å²) in [7, 11) is 1.15. The lowest BCUT2D eigenvalue weighted by atomic mass is 9.97. The van der Waals surface area contributed by atoms with Gasteiger partial charge in [-0.1, -0.05) is 0 Å². The van der Waals surface area contributed by atoms with Crippen LogP contribution >= 0.6 is 0 Å². The largest absolute Gasteiger partial charge is 0.394 e. The molecule has 8 heteroatoms. The van der Waals surface area contributed by atoms with Gasteiger partial charge in [-0.25, -0.2) is 0 Å². The Bertz CT molecular complexity index is 292. The Hall–Kier alpha value is -0.770. The quantitative estimate of drug-likeness (QED) is 0.352. The highest BCUT2D eigenvalue weighted by molar-refractivity contribution is 5.77. The molecule has 0 radical (unpaired) electrons. The number of rotatable bonds is 4. The number of aliphatic hydroxyl groups excluding tert-OH is 4. The van der Waals surface area contributed by atoms with Gasteiger partial charge in [0.25, 0.3) is 0 Å². The molecule has 0 aliphatic carbocycles. The second-order valence-electron chi connectivity index (χ2n) is 3.62. The molecule has 1 aliphatic heterocycles. The fourth-order valence-corrected chi connectivity index (χ4v) is 1.56. The molecule has 100 valence electrons. The van der Waals surface area contributed by atoms with Crippen LogP contribution < -0.4 is 5.32 Å². The maximum atomic E-state index is 11.4. The van der Waals surface area contributed by atoms with Gasteiger partial charge in [0, 0.05) is 7.11 Å². The van der Waals surface area contributed by atoms with Crippen LogP contribution in [0.1, 0.15) is 1.37 Å². The first-order chi connectivity index (χ1) is 8.42. The third kappa shape index (κ3) is 3.35. The zero-order valence-corrected chi connectivity index (χ0v) is 9.18. The van der Waals surface area contributed by atoms with E-state index in [0.29, 0.717) is 0 Å². The Kier molecular flexibility index (Phi) is 4.66. The molecule has 2 unspecified atom stereocenters. The van der Waals surface area contributed by atoms with Crippen LogP contribution in [0.4, 0.5) is 0 Å². The van der Waals surface area contributed by atoms with Crippen LogP contribution in [0.25, 0.3) is 0 Å². The van der Waals surface area contributed by atoms with Crippen molar-refractivity contribution in [3.63, 3.8) is 0 Å². The van der Waals surface area contributed by atoms with E-state index in [1.807, 2.05) is 0 Å². The number of amides is 1. The van der Waals surface area contributed by atoms with E-state index in [2.05, 4.69) is 10.1 Å². The zero-order chi connectivity index (χ0) is 13.9. The second-order valence-corrected chi connectivity index (χ2v) is 3.62. The highest BCUT2D eigenvalue weighted by Crippen LogP contribution is 2.19. The van der Waals surface area contributed by atoms with Crippen LogP contribution in [0.2, 0.25) is 0 Å². The first-order valence-corrected chi connectivity index (χ1v) is 4.98. The van der Waals surface area contributed by atoms with Crippen molar-refractivity contribution in [2.75, 3.05) is 20.3 Å². The molecule has 1 heterocycles. The lowest BCUT2D eigenvalue weighted by molar-refractivity contribution is -0.254. The highest BCUT2D eigenvalue weighted by atomic mass is 16.6. The van der Waals surface area contributed by atoms with Crippen molar-refractivity contribution in [2.45, 2.75) is 30.6 Å². The predicted octanol–water partition coefficient (Wildman–Crippen LogP) is -3.45. The molecule has 6 atom stereocenters. The molecule has 0 spiro atoms. The molecular weight excluding hydrogens is 234 g/mol. The van der Waals surface area contributed by atoms with Gasteiger partial charge in [-0.05, 0) is 0 Å². The lowest BCUT2D eigenvalue weighted by Gasteiger charge is -2.40. The normalized spacial score (nSPS) is 40.5. The number of nitrogens with one attached hydrogen (secondary N) is 1. The second kappa shape index (κ2) is 6.24. The number of carbonyl (C=O) groups is 1. The van der Waals surface area contributed by atoms with Crippen LogP contribution in [0.3, 0.4) is 0 Å². The van der Waals surface area contributed by atoms with Crippen molar-refractivity contribution in [1.29, 1.82) is 0 Å². The van der Waals surface area contributed by atoms with Crippen molar-refractivity contribution in [3.05, 3.63) is 0 Å². The van der Waals surface area contributed by atoms with Gasteiger partial charge in [-0.3, -0.25) is 4.79 Å². The predicted molar refractivity (Wildman–Crippen MR) is 53.8 cm³/mol. The Morgan fingerprint density at radius 3 is 2.65 bits per heavy atom. The zero-order valence-electron chi connectivity index (χ0n) is 10.2. The first kappa shape index (κ1) is 12.7. The van der Waals surface area contributed by atoms with Gasteiger partial charge >= 0.3 is 0 Å². The minimum absolute atomic E-state index is 0.588. The molecule has 1 amide bonds. The number of aliphatic hydroxyl groups is 4. The van der Waals surface area contributed by atoms with E-state index in [9.17, 15) is 20.1 Å². The molecule has 0 saturated carbocycles. The minimum Gasteiger partial charge on any atom is -0.394 e. The third-order valence-corrected chi connectivity index (χ3v) is 2.43. The van der Waals surface area contributed by atoms with Crippen LogP contribution in [0.15, 0.2) is 0 Å². The minimum atomic E-state index is -1.60. The SMILES string of the molecule is [2H]C(OC)C(=O)N[C@@H]1C(O)O[C@H](CO)[C@@H](O)[C@@H]1O. The molecule has 0 bridgehead atoms. The summed E-state index contributed by atoms with van der Waals surface area (Å²) < 4.78 is 16.4. The summed E-state index contributed by atoms with van der Waals surface area (Å²) in [5, 5.41) is 39.8. The van der Waals surface area contributed by atoms with Crippen molar-refractivity contribution in [1.82, 2.24) is 5.32 Å². The van der Waals surface area contributed by atoms with Crippen LogP contribution in [-0.4, -0.2) is 77.3 Å². The summed E-state index contributed by atoms with van der Waals surface area (Å²) in [5.41, 5.74) is 0. The fourth-order valence-electron chi connectivity index (χ4n) is 1.56. The van der Waals surface area contributed by atoms with E-state index in [4.69, 9.17) is 11.2 Å². The van der Waals surface area contributed by atoms with E-state index in [1.54, 1.807) is 0 Å². The molecule has 17 heavy (non-hydrogen) atoms. The number of hydrogen-bond donors (Lipinski definition) is 5. The fraction of sp³-hybridized carbons (Fsp3) is 0.889. The standard InChI is InChI=1S/C9H17NO7/c1-16-3-5(12)10-6-8(14)7(13)4(2-11)17-9(6)15/h4,6-9,11,13-15H,2-3H2,1H3,(H,10,12)/t4-,6+,7-,8-,9?/m1/s1/i3D/t3?,4-,6+,7-,8-,9?. The first-order valence-electron chi connectivity index (χ1n) is 5.56. The van der Waals surface area contributed by atoms with Gasteiger partial charge < -0.3 is 35.2 Å². The van der Waals surface area contributed by atoms with Crippen LogP contribution in [0.5, 0.6) is 0 Å². The summed E-state index contributed by atoms with van der Waals surface area (Å²) in [6, 6.07) is -1.31. The molecule has 1 aliphatic rings. The van der Waals surface area contributed by atoms with Crippen LogP contribution in [0, 0.1) is 0 Å². The Labute approximate surface area is 99.2 Å². The highest BCUT2D eigenvalue weighted by Gasteiger charge is 2.44. The van der Waals surface area contributed by atoms with E-state index in [0.717, 1.165) is 7.11 Å². The smallest absolute Gasteiger partial charge is 0.246 e. The monoisotopic (exact) mass is 252 g/mol. The molecular formula is C9H17NO7. The lowest BCUT2D eigenvalue weighted by Crippen LogP contribution is -2.64. The Morgan fingerprint density at radius 2 is 2.12 bits per heavy atom. The van der Waals surface area contributed by atoms with E-state index in [-0.39, 0.29) is 0 Å². The maximum Gasteiger partial charge on any atom is 0.246 e. The number of carbonyl (C=O) groups excluding carboxylic acids is 1. The topological polar surface area (TPSA) is 128 Å². The van der Waals surface area contributed by atoms with E-state index >= 15 is 0 Å². The summed E-state index contributed by atoms with van der Waals surface area (Å²) in [5.74, 6) is -0.890. The van der Waals surface area contributed by atoms with Gasteiger partial charge in [-0.2, -0.15) is 0 Å². The van der Waals surface area contributed by atoms with Crippen molar-refractivity contribution in [2.24, 2.45) is 0 Å². The summed E-state index contributed by atoms with van der Waals surface area (Å²) in [4.78, 5) is 11.4. The van der Waals surface area contributed by atoms with Gasteiger partial charge in [-0.15, -0.1) is 0 Å².